The Hall–Kier alpha value is -0.970. The number of halogens is 1. The summed E-state index contributed by atoms with van der Waals surface area (Å²) < 4.78 is 18.4. The van der Waals surface area contributed by atoms with Gasteiger partial charge in [-0.05, 0) is 37.1 Å². The van der Waals surface area contributed by atoms with Crippen LogP contribution in [0.15, 0.2) is 24.3 Å². The molecule has 0 spiro atoms. The van der Waals surface area contributed by atoms with E-state index >= 15 is 0 Å². The van der Waals surface area contributed by atoms with Crippen molar-refractivity contribution < 1.29 is 9.13 Å². The number of ether oxygens (including phenoxy) is 1. The molecule has 1 atom stereocenters. The topological polar surface area (TPSA) is 15.7 Å². The van der Waals surface area contributed by atoms with Gasteiger partial charge in [-0.3, -0.25) is 9.80 Å². The van der Waals surface area contributed by atoms with E-state index in [1.54, 1.807) is 12.1 Å². The minimum atomic E-state index is -0.147. The largest absolute Gasteiger partial charge is 0.379 e. The fourth-order valence-electron chi connectivity index (χ4n) is 3.25. The Morgan fingerprint density at radius 3 is 2.55 bits per heavy atom. The van der Waals surface area contributed by atoms with Crippen LogP contribution in [0.1, 0.15) is 24.4 Å². The molecule has 1 aromatic carbocycles. The SMILES string of the molecule is Fc1ccc([C@H]2CCCN2CCN2CCOCC2)cc1. The number of nitrogens with zero attached hydrogens (tertiary/aromatic N) is 2. The molecule has 2 saturated heterocycles. The molecule has 0 amide bonds. The average Bonchev–Trinajstić information content (AvgIpc) is 2.95. The molecule has 1 aromatic rings. The molecule has 0 N–H and O–H groups in total. The summed E-state index contributed by atoms with van der Waals surface area (Å²) in [5, 5.41) is 0. The number of rotatable bonds is 4. The first-order chi connectivity index (χ1) is 9.83. The second-order valence-corrected chi connectivity index (χ2v) is 5.70. The lowest BCUT2D eigenvalue weighted by Gasteiger charge is -2.31. The molecule has 3 rings (SSSR count). The van der Waals surface area contributed by atoms with Gasteiger partial charge in [0, 0.05) is 32.2 Å². The van der Waals surface area contributed by atoms with Crippen LogP contribution in [0.2, 0.25) is 0 Å². The molecule has 2 aliphatic rings. The summed E-state index contributed by atoms with van der Waals surface area (Å²) in [4.78, 5) is 5.02. The fraction of sp³-hybridized carbons (Fsp3) is 0.625. The highest BCUT2D eigenvalue weighted by molar-refractivity contribution is 5.21. The second kappa shape index (κ2) is 6.66. The summed E-state index contributed by atoms with van der Waals surface area (Å²) in [6.07, 6.45) is 2.43. The van der Waals surface area contributed by atoms with Crippen molar-refractivity contribution in [3.05, 3.63) is 35.6 Å². The van der Waals surface area contributed by atoms with E-state index in [-0.39, 0.29) is 5.82 Å². The average molecular weight is 278 g/mol. The molecule has 2 fully saturated rings. The van der Waals surface area contributed by atoms with Crippen LogP contribution in [0.3, 0.4) is 0 Å². The Kier molecular flexibility index (Phi) is 4.65. The van der Waals surface area contributed by atoms with Gasteiger partial charge < -0.3 is 4.74 Å². The number of benzene rings is 1. The van der Waals surface area contributed by atoms with E-state index in [1.807, 2.05) is 12.1 Å². The van der Waals surface area contributed by atoms with Crippen LogP contribution in [-0.4, -0.2) is 55.7 Å². The maximum absolute atomic E-state index is 13.0. The van der Waals surface area contributed by atoms with Crippen molar-refractivity contribution in [1.29, 1.82) is 0 Å². The van der Waals surface area contributed by atoms with Gasteiger partial charge in [0.2, 0.25) is 0 Å². The van der Waals surface area contributed by atoms with Gasteiger partial charge >= 0.3 is 0 Å². The van der Waals surface area contributed by atoms with Crippen LogP contribution in [-0.2, 0) is 4.74 Å². The first-order valence-electron chi connectivity index (χ1n) is 7.62. The zero-order valence-corrected chi connectivity index (χ0v) is 11.9. The highest BCUT2D eigenvalue weighted by Crippen LogP contribution is 2.31. The summed E-state index contributed by atoms with van der Waals surface area (Å²) in [5.74, 6) is -0.147. The molecule has 2 heterocycles. The lowest BCUT2D eigenvalue weighted by molar-refractivity contribution is 0.0327. The van der Waals surface area contributed by atoms with Crippen molar-refractivity contribution in [2.75, 3.05) is 45.9 Å². The van der Waals surface area contributed by atoms with Crippen molar-refractivity contribution in [2.24, 2.45) is 0 Å². The van der Waals surface area contributed by atoms with Gasteiger partial charge in [-0.2, -0.15) is 0 Å². The number of hydrogen-bond acceptors (Lipinski definition) is 3. The molecule has 2 aliphatic heterocycles. The molecule has 0 saturated carbocycles. The minimum absolute atomic E-state index is 0.147. The van der Waals surface area contributed by atoms with E-state index in [0.29, 0.717) is 6.04 Å². The van der Waals surface area contributed by atoms with Crippen LogP contribution < -0.4 is 0 Å². The monoisotopic (exact) mass is 278 g/mol. The smallest absolute Gasteiger partial charge is 0.123 e. The fourth-order valence-corrected chi connectivity index (χ4v) is 3.25. The third-order valence-electron chi connectivity index (χ3n) is 4.43. The summed E-state index contributed by atoms with van der Waals surface area (Å²) in [6, 6.07) is 7.50. The zero-order valence-electron chi connectivity index (χ0n) is 11.9. The molecule has 0 bridgehead atoms. The first-order valence-corrected chi connectivity index (χ1v) is 7.62. The van der Waals surface area contributed by atoms with Gasteiger partial charge in [0.05, 0.1) is 13.2 Å². The van der Waals surface area contributed by atoms with Crippen LogP contribution in [0.5, 0.6) is 0 Å². The summed E-state index contributed by atoms with van der Waals surface area (Å²) >= 11 is 0. The zero-order chi connectivity index (χ0) is 13.8. The Morgan fingerprint density at radius 2 is 1.80 bits per heavy atom. The Labute approximate surface area is 120 Å². The van der Waals surface area contributed by atoms with E-state index in [2.05, 4.69) is 9.80 Å². The molecule has 110 valence electrons. The number of likely N-dealkylation sites (tertiary alicyclic amines) is 1. The molecule has 0 unspecified atom stereocenters. The van der Waals surface area contributed by atoms with Crippen molar-refractivity contribution in [1.82, 2.24) is 9.80 Å². The van der Waals surface area contributed by atoms with Gasteiger partial charge in [0.25, 0.3) is 0 Å². The molecule has 0 radical (unpaired) electrons. The quantitative estimate of drug-likeness (QED) is 0.840. The van der Waals surface area contributed by atoms with Crippen LogP contribution >= 0.6 is 0 Å². The third-order valence-corrected chi connectivity index (χ3v) is 4.43. The highest BCUT2D eigenvalue weighted by Gasteiger charge is 2.26. The molecule has 0 aliphatic carbocycles. The Morgan fingerprint density at radius 1 is 1.05 bits per heavy atom. The standard InChI is InChI=1S/C16H23FN2O/c17-15-5-3-14(4-6-15)16-2-1-7-19(16)9-8-18-10-12-20-13-11-18/h3-6,16H,1-2,7-13H2/t16-/m1/s1. The van der Waals surface area contributed by atoms with E-state index in [1.165, 1.54) is 18.4 Å². The van der Waals surface area contributed by atoms with Crippen molar-refractivity contribution in [3.63, 3.8) is 0 Å². The van der Waals surface area contributed by atoms with E-state index in [0.717, 1.165) is 45.9 Å². The van der Waals surface area contributed by atoms with E-state index < -0.39 is 0 Å². The van der Waals surface area contributed by atoms with Gasteiger partial charge in [-0.1, -0.05) is 12.1 Å². The van der Waals surface area contributed by atoms with Crippen molar-refractivity contribution >= 4 is 0 Å². The third kappa shape index (κ3) is 3.37. The summed E-state index contributed by atoms with van der Waals surface area (Å²) in [6.45, 7) is 7.20. The van der Waals surface area contributed by atoms with Crippen molar-refractivity contribution in [2.45, 2.75) is 18.9 Å². The molecular weight excluding hydrogens is 255 g/mol. The van der Waals surface area contributed by atoms with Crippen LogP contribution in [0, 0.1) is 5.82 Å². The van der Waals surface area contributed by atoms with Gasteiger partial charge in [0.15, 0.2) is 0 Å². The maximum atomic E-state index is 13.0. The van der Waals surface area contributed by atoms with E-state index in [4.69, 9.17) is 4.74 Å². The molecule has 4 heteroatoms. The lowest BCUT2D eigenvalue weighted by Crippen LogP contribution is -2.41. The van der Waals surface area contributed by atoms with Crippen LogP contribution in [0.25, 0.3) is 0 Å². The predicted molar refractivity (Wildman–Crippen MR) is 77.2 cm³/mol. The Balaban J connectivity index is 1.56. The van der Waals surface area contributed by atoms with Gasteiger partial charge in [-0.25, -0.2) is 4.39 Å². The van der Waals surface area contributed by atoms with E-state index in [9.17, 15) is 4.39 Å². The Bertz CT molecular complexity index is 417. The summed E-state index contributed by atoms with van der Waals surface area (Å²) in [7, 11) is 0. The lowest BCUT2D eigenvalue weighted by atomic mass is 10.0. The van der Waals surface area contributed by atoms with Gasteiger partial charge in [-0.15, -0.1) is 0 Å². The molecular formula is C16H23FN2O. The van der Waals surface area contributed by atoms with Gasteiger partial charge in [0.1, 0.15) is 5.82 Å². The minimum Gasteiger partial charge on any atom is -0.379 e. The second-order valence-electron chi connectivity index (χ2n) is 5.70. The molecule has 3 nitrogen and oxygen atoms in total. The first kappa shape index (κ1) is 14.0. The van der Waals surface area contributed by atoms with Crippen LogP contribution in [0.4, 0.5) is 4.39 Å². The highest BCUT2D eigenvalue weighted by atomic mass is 19.1. The maximum Gasteiger partial charge on any atom is 0.123 e. The normalized spacial score (nSPS) is 25.1. The number of hydrogen-bond donors (Lipinski definition) is 0. The molecule has 20 heavy (non-hydrogen) atoms. The summed E-state index contributed by atoms with van der Waals surface area (Å²) in [5.41, 5.74) is 1.26. The predicted octanol–water partition coefficient (Wildman–Crippen LogP) is 2.29. The number of morpholine rings is 1. The van der Waals surface area contributed by atoms with Crippen molar-refractivity contribution in [3.8, 4) is 0 Å². The molecule has 0 aromatic heterocycles.